The van der Waals surface area contributed by atoms with Gasteiger partial charge in [0.25, 0.3) is 5.69 Å². The first-order chi connectivity index (χ1) is 9.97. The average Bonchev–Trinajstić information content (AvgIpc) is 2.85. The Morgan fingerprint density at radius 1 is 1.57 bits per heavy atom. The Balaban J connectivity index is 2.56. The molecule has 1 aromatic carbocycles. The van der Waals surface area contributed by atoms with Crippen LogP contribution in [0, 0.1) is 16.0 Å². The predicted molar refractivity (Wildman–Crippen MR) is 75.4 cm³/mol. The number of nitrogens with two attached hydrogens (primary N) is 1. The van der Waals surface area contributed by atoms with Gasteiger partial charge in [-0.1, -0.05) is 0 Å². The summed E-state index contributed by atoms with van der Waals surface area (Å²) in [7, 11) is 1.42. The quantitative estimate of drug-likeness (QED) is 0.543. The van der Waals surface area contributed by atoms with Crippen LogP contribution in [-0.4, -0.2) is 34.6 Å². The zero-order chi connectivity index (χ0) is 15.6. The molecule has 1 atom stereocenters. The normalized spacial score (nSPS) is 12.3. The van der Waals surface area contributed by atoms with E-state index in [1.807, 2.05) is 0 Å². The van der Waals surface area contributed by atoms with Gasteiger partial charge in [-0.15, -0.1) is 0 Å². The molecule has 0 aliphatic rings. The molecule has 8 nitrogen and oxygen atoms in total. The monoisotopic (exact) mass is 293 g/mol. The first-order valence-corrected chi connectivity index (χ1v) is 6.23. The van der Waals surface area contributed by atoms with E-state index in [0.29, 0.717) is 22.2 Å². The van der Waals surface area contributed by atoms with Crippen LogP contribution >= 0.6 is 0 Å². The molecule has 0 saturated heterocycles. The molecule has 112 valence electrons. The van der Waals surface area contributed by atoms with Crippen molar-refractivity contribution in [1.82, 2.24) is 4.98 Å². The number of carboxylic acid groups (broad SMARTS) is 1. The number of hydrogen-bond acceptors (Lipinski definition) is 5. The molecule has 4 N–H and O–H groups in total. The van der Waals surface area contributed by atoms with Gasteiger partial charge in [-0.2, -0.15) is 0 Å². The van der Waals surface area contributed by atoms with Gasteiger partial charge in [0.15, 0.2) is 0 Å². The topological polar surface area (TPSA) is 131 Å². The number of methoxy groups -OCH3 is 1. The first-order valence-electron chi connectivity index (χ1n) is 6.23. The Bertz CT molecular complexity index is 694. The van der Waals surface area contributed by atoms with Gasteiger partial charge in [-0.25, -0.2) is 0 Å². The Labute approximate surface area is 119 Å². The summed E-state index contributed by atoms with van der Waals surface area (Å²) < 4.78 is 5.02. The molecule has 0 aliphatic carbocycles. The van der Waals surface area contributed by atoms with Crippen LogP contribution < -0.4 is 10.5 Å². The molecular formula is C13H15N3O5. The van der Waals surface area contributed by atoms with Crippen LogP contribution in [0.3, 0.4) is 0 Å². The minimum atomic E-state index is -1.02. The molecule has 2 rings (SSSR count). The van der Waals surface area contributed by atoms with Crippen molar-refractivity contribution in [3.63, 3.8) is 0 Å². The number of fused-ring (bicyclic) bond motifs is 1. The van der Waals surface area contributed by atoms with Crippen LogP contribution in [0.2, 0.25) is 0 Å². The second-order valence-electron chi connectivity index (χ2n) is 4.62. The number of carbonyl (C=O) groups is 1. The molecule has 21 heavy (non-hydrogen) atoms. The van der Waals surface area contributed by atoms with Crippen molar-refractivity contribution in [2.75, 3.05) is 13.7 Å². The minimum absolute atomic E-state index is 0.0358. The number of rotatable bonds is 6. The Morgan fingerprint density at radius 2 is 2.29 bits per heavy atom. The third-order valence-electron chi connectivity index (χ3n) is 3.35. The molecule has 0 bridgehead atoms. The highest BCUT2D eigenvalue weighted by Crippen LogP contribution is 2.34. The van der Waals surface area contributed by atoms with E-state index in [1.54, 1.807) is 12.3 Å². The summed E-state index contributed by atoms with van der Waals surface area (Å²) in [6, 6.07) is 2.95. The number of aliphatic carboxylic acids is 1. The average molecular weight is 293 g/mol. The highest BCUT2D eigenvalue weighted by Gasteiger charge is 2.23. The molecule has 0 amide bonds. The Morgan fingerprint density at radius 3 is 2.81 bits per heavy atom. The van der Waals surface area contributed by atoms with E-state index in [4.69, 9.17) is 15.6 Å². The van der Waals surface area contributed by atoms with E-state index in [9.17, 15) is 14.9 Å². The number of aromatic amines is 1. The van der Waals surface area contributed by atoms with Gasteiger partial charge in [0.05, 0.1) is 34.9 Å². The van der Waals surface area contributed by atoms with Gasteiger partial charge in [0, 0.05) is 18.8 Å². The van der Waals surface area contributed by atoms with E-state index in [-0.39, 0.29) is 18.7 Å². The second-order valence-corrected chi connectivity index (χ2v) is 4.62. The van der Waals surface area contributed by atoms with Crippen LogP contribution in [0.15, 0.2) is 18.3 Å². The van der Waals surface area contributed by atoms with E-state index < -0.39 is 16.8 Å². The van der Waals surface area contributed by atoms with E-state index >= 15 is 0 Å². The van der Waals surface area contributed by atoms with Gasteiger partial charge in [-0.3, -0.25) is 14.9 Å². The van der Waals surface area contributed by atoms with Crippen LogP contribution in [0.4, 0.5) is 5.69 Å². The third kappa shape index (κ3) is 2.79. The fourth-order valence-electron chi connectivity index (χ4n) is 2.25. The number of aromatic nitrogens is 1. The van der Waals surface area contributed by atoms with Crippen molar-refractivity contribution in [3.8, 4) is 5.75 Å². The van der Waals surface area contributed by atoms with Crippen LogP contribution in [-0.2, 0) is 11.2 Å². The molecule has 2 aromatic rings. The first kappa shape index (κ1) is 14.8. The molecule has 0 saturated carbocycles. The number of H-pyrrole nitrogens is 1. The number of nitrogens with zero attached hydrogens (tertiary/aromatic N) is 1. The van der Waals surface area contributed by atoms with Gasteiger partial charge in [-0.05, 0) is 12.0 Å². The number of nitro groups is 1. The van der Waals surface area contributed by atoms with Crippen molar-refractivity contribution in [3.05, 3.63) is 34.0 Å². The van der Waals surface area contributed by atoms with Gasteiger partial charge in [0.1, 0.15) is 5.75 Å². The number of ether oxygens (including phenoxy) is 1. The molecule has 1 aromatic heterocycles. The van der Waals surface area contributed by atoms with Crippen LogP contribution in [0.1, 0.15) is 5.56 Å². The van der Waals surface area contributed by atoms with E-state index in [1.165, 1.54) is 13.2 Å². The van der Waals surface area contributed by atoms with Gasteiger partial charge < -0.3 is 20.6 Å². The van der Waals surface area contributed by atoms with Gasteiger partial charge >= 0.3 is 5.97 Å². The molecule has 1 unspecified atom stereocenters. The molecule has 0 radical (unpaired) electrons. The fraction of sp³-hybridized carbons (Fsp3) is 0.308. The predicted octanol–water partition coefficient (Wildman–Crippen LogP) is 1.29. The number of nitro benzene ring substituents is 1. The summed E-state index contributed by atoms with van der Waals surface area (Å²) in [6.45, 7) is -0.0358. The number of hydrogen-bond donors (Lipinski definition) is 3. The van der Waals surface area contributed by atoms with Gasteiger partial charge in [0.2, 0.25) is 0 Å². The van der Waals surface area contributed by atoms with E-state index in [0.717, 1.165) is 0 Å². The van der Waals surface area contributed by atoms with E-state index in [2.05, 4.69) is 4.98 Å². The maximum absolute atomic E-state index is 11.2. The molecule has 0 spiro atoms. The van der Waals surface area contributed by atoms with Crippen molar-refractivity contribution in [1.29, 1.82) is 0 Å². The number of non-ortho nitro benzene ring substituents is 1. The maximum Gasteiger partial charge on any atom is 0.308 e. The zero-order valence-electron chi connectivity index (χ0n) is 11.3. The summed E-state index contributed by atoms with van der Waals surface area (Å²) in [6.07, 6.45) is 1.70. The fourth-order valence-corrected chi connectivity index (χ4v) is 2.25. The number of nitrogens with one attached hydrogen (secondary N) is 1. The highest BCUT2D eigenvalue weighted by atomic mass is 16.6. The number of carboxylic acids is 1. The third-order valence-corrected chi connectivity index (χ3v) is 3.35. The standard InChI is InChI=1S/C13H15N3O5/c1-21-9-3-10-12(11(4-9)16(19)20)8(6-15-10)2-7(5-14)13(17)18/h3-4,6-7,15H,2,5,14H2,1H3,(H,17,18). The summed E-state index contributed by atoms with van der Waals surface area (Å²) in [5.41, 5.74) is 6.39. The smallest absolute Gasteiger partial charge is 0.308 e. The molecule has 0 aliphatic heterocycles. The number of benzene rings is 1. The lowest BCUT2D eigenvalue weighted by Gasteiger charge is -2.08. The lowest BCUT2D eigenvalue weighted by atomic mass is 9.98. The summed E-state index contributed by atoms with van der Waals surface area (Å²) >= 11 is 0. The van der Waals surface area contributed by atoms with Crippen molar-refractivity contribution in [2.24, 2.45) is 11.7 Å². The molecule has 1 heterocycles. The summed E-state index contributed by atoms with van der Waals surface area (Å²) in [4.78, 5) is 24.7. The zero-order valence-corrected chi connectivity index (χ0v) is 11.3. The lowest BCUT2D eigenvalue weighted by molar-refractivity contribution is -0.383. The van der Waals surface area contributed by atoms with Crippen molar-refractivity contribution < 1.29 is 19.6 Å². The van der Waals surface area contributed by atoms with Crippen molar-refractivity contribution >= 4 is 22.6 Å². The maximum atomic E-state index is 11.2. The minimum Gasteiger partial charge on any atom is -0.496 e. The molecular weight excluding hydrogens is 278 g/mol. The van der Waals surface area contributed by atoms with Crippen molar-refractivity contribution in [2.45, 2.75) is 6.42 Å². The largest absolute Gasteiger partial charge is 0.496 e. The van der Waals surface area contributed by atoms with Crippen LogP contribution in [0.25, 0.3) is 10.9 Å². The Kier molecular flexibility index (Phi) is 4.08. The summed E-state index contributed by atoms with van der Waals surface area (Å²) in [5.74, 6) is -1.45. The lowest BCUT2D eigenvalue weighted by Crippen LogP contribution is -2.25. The molecule has 8 heteroatoms. The SMILES string of the molecule is COc1cc([N+](=O)[O-])c2c(CC(CN)C(=O)O)c[nH]c2c1. The highest BCUT2D eigenvalue weighted by molar-refractivity contribution is 5.93. The Hall–Kier alpha value is -2.61. The van der Waals surface area contributed by atoms with Crippen LogP contribution in [0.5, 0.6) is 5.75 Å². The molecule has 0 fully saturated rings. The summed E-state index contributed by atoms with van der Waals surface area (Å²) in [5, 5.41) is 20.7. The second kappa shape index (κ2) is 5.80.